The minimum absolute atomic E-state index is 0.120. The van der Waals surface area contributed by atoms with Gasteiger partial charge in [-0.15, -0.1) is 0 Å². The van der Waals surface area contributed by atoms with Crippen molar-refractivity contribution in [1.29, 1.82) is 0 Å². The van der Waals surface area contributed by atoms with Crippen molar-refractivity contribution in [2.45, 2.75) is 38.8 Å². The molecular formula is C8H16N2O3. The van der Waals surface area contributed by atoms with Gasteiger partial charge in [-0.05, 0) is 20.8 Å². The minimum Gasteiger partial charge on any atom is -0.481 e. The highest BCUT2D eigenvalue weighted by Gasteiger charge is 2.24. The molecule has 1 atom stereocenters. The smallest absolute Gasteiger partial charge is 0.305 e. The summed E-state index contributed by atoms with van der Waals surface area (Å²) in [5.74, 6) is -1.29. The molecule has 0 unspecified atom stereocenters. The molecule has 13 heavy (non-hydrogen) atoms. The van der Waals surface area contributed by atoms with Crippen LogP contribution in [-0.4, -0.2) is 28.6 Å². The summed E-state index contributed by atoms with van der Waals surface area (Å²) in [5.41, 5.74) is 4.56. The van der Waals surface area contributed by atoms with Gasteiger partial charge < -0.3 is 16.2 Å². The summed E-state index contributed by atoms with van der Waals surface area (Å²) in [6.07, 6.45) is -0.120. The molecule has 0 heterocycles. The van der Waals surface area contributed by atoms with Crippen molar-refractivity contribution in [2.24, 2.45) is 5.73 Å². The average Bonchev–Trinajstić information content (AvgIpc) is 1.81. The fourth-order valence-corrected chi connectivity index (χ4v) is 0.870. The molecule has 0 aromatic heterocycles. The largest absolute Gasteiger partial charge is 0.481 e. The number of carbonyl (C=O) groups excluding carboxylic acids is 1. The second-order valence-corrected chi connectivity index (χ2v) is 3.73. The topological polar surface area (TPSA) is 92.4 Å². The molecule has 0 aliphatic rings. The van der Waals surface area contributed by atoms with E-state index in [4.69, 9.17) is 10.8 Å². The van der Waals surface area contributed by atoms with Crippen LogP contribution >= 0.6 is 0 Å². The molecule has 0 aromatic rings. The van der Waals surface area contributed by atoms with Crippen LogP contribution in [0.5, 0.6) is 0 Å². The molecular weight excluding hydrogens is 172 g/mol. The Morgan fingerprint density at radius 1 is 1.54 bits per heavy atom. The molecule has 0 bridgehead atoms. The Balaban J connectivity index is 4.16. The second kappa shape index (κ2) is 4.23. The Hall–Kier alpha value is -1.10. The Bertz CT molecular complexity index is 211. The standard InChI is InChI=1S/C8H16N2O3/c1-5(9)7(13)10-8(2,3)4-6(11)12/h5H,4,9H2,1-3H3,(H,10,13)(H,11,12)/t5-/m0/s1. The number of carbonyl (C=O) groups is 2. The zero-order chi connectivity index (χ0) is 10.6. The lowest BCUT2D eigenvalue weighted by atomic mass is 10.0. The molecule has 76 valence electrons. The Morgan fingerprint density at radius 2 is 2.00 bits per heavy atom. The summed E-state index contributed by atoms with van der Waals surface area (Å²) in [7, 11) is 0. The van der Waals surface area contributed by atoms with Crippen LogP contribution in [0.2, 0.25) is 0 Å². The molecule has 4 N–H and O–H groups in total. The van der Waals surface area contributed by atoms with E-state index in [0.717, 1.165) is 0 Å². The van der Waals surface area contributed by atoms with Gasteiger partial charge in [-0.3, -0.25) is 9.59 Å². The maximum Gasteiger partial charge on any atom is 0.305 e. The first-order chi connectivity index (χ1) is 5.74. The van der Waals surface area contributed by atoms with Crippen molar-refractivity contribution < 1.29 is 14.7 Å². The normalized spacial score (nSPS) is 13.5. The lowest BCUT2D eigenvalue weighted by Gasteiger charge is -2.25. The zero-order valence-electron chi connectivity index (χ0n) is 8.13. The van der Waals surface area contributed by atoms with Crippen molar-refractivity contribution in [2.75, 3.05) is 0 Å². The molecule has 5 nitrogen and oxygen atoms in total. The number of hydrogen-bond donors (Lipinski definition) is 3. The molecule has 0 aromatic carbocycles. The number of carboxylic acids is 1. The van der Waals surface area contributed by atoms with E-state index in [1.54, 1.807) is 20.8 Å². The van der Waals surface area contributed by atoms with Gasteiger partial charge in [0.1, 0.15) is 0 Å². The highest BCUT2D eigenvalue weighted by molar-refractivity contribution is 5.82. The van der Waals surface area contributed by atoms with Crippen LogP contribution in [0.25, 0.3) is 0 Å². The van der Waals surface area contributed by atoms with Crippen LogP contribution in [0.1, 0.15) is 27.2 Å². The predicted molar refractivity (Wildman–Crippen MR) is 48.1 cm³/mol. The van der Waals surface area contributed by atoms with Crippen LogP contribution in [0.4, 0.5) is 0 Å². The lowest BCUT2D eigenvalue weighted by molar-refractivity contribution is -0.138. The fourth-order valence-electron chi connectivity index (χ4n) is 0.870. The van der Waals surface area contributed by atoms with E-state index in [-0.39, 0.29) is 12.3 Å². The van der Waals surface area contributed by atoms with E-state index in [1.165, 1.54) is 0 Å². The van der Waals surface area contributed by atoms with Gasteiger partial charge >= 0.3 is 5.97 Å². The number of nitrogens with one attached hydrogen (secondary N) is 1. The third kappa shape index (κ3) is 5.19. The van der Waals surface area contributed by atoms with E-state index in [9.17, 15) is 9.59 Å². The molecule has 0 aliphatic heterocycles. The highest BCUT2D eigenvalue weighted by Crippen LogP contribution is 2.07. The monoisotopic (exact) mass is 188 g/mol. The fraction of sp³-hybridized carbons (Fsp3) is 0.750. The number of aliphatic carboxylic acids is 1. The number of amides is 1. The van der Waals surface area contributed by atoms with Crippen LogP contribution < -0.4 is 11.1 Å². The molecule has 0 saturated carbocycles. The Kier molecular flexibility index (Phi) is 3.87. The highest BCUT2D eigenvalue weighted by atomic mass is 16.4. The van der Waals surface area contributed by atoms with Crippen molar-refractivity contribution >= 4 is 11.9 Å². The van der Waals surface area contributed by atoms with Gasteiger partial charge in [0.25, 0.3) is 0 Å². The van der Waals surface area contributed by atoms with Gasteiger partial charge in [-0.2, -0.15) is 0 Å². The van der Waals surface area contributed by atoms with Gasteiger partial charge in [-0.1, -0.05) is 0 Å². The number of rotatable bonds is 4. The molecule has 0 fully saturated rings. The predicted octanol–water partition coefficient (Wildman–Crippen LogP) is -0.297. The van der Waals surface area contributed by atoms with Gasteiger partial charge in [0.2, 0.25) is 5.91 Å². The molecule has 0 radical (unpaired) electrons. The SMILES string of the molecule is C[C@H](N)C(=O)NC(C)(C)CC(=O)O. The molecule has 0 spiro atoms. The summed E-state index contributed by atoms with van der Waals surface area (Å²) < 4.78 is 0. The number of hydrogen-bond acceptors (Lipinski definition) is 3. The van der Waals surface area contributed by atoms with E-state index in [0.29, 0.717) is 0 Å². The van der Waals surface area contributed by atoms with E-state index >= 15 is 0 Å². The second-order valence-electron chi connectivity index (χ2n) is 3.73. The third-order valence-electron chi connectivity index (χ3n) is 1.47. The first-order valence-electron chi connectivity index (χ1n) is 4.04. The van der Waals surface area contributed by atoms with E-state index in [2.05, 4.69) is 5.32 Å². The number of nitrogens with two attached hydrogens (primary N) is 1. The minimum atomic E-state index is -0.949. The Labute approximate surface area is 77.3 Å². The maximum absolute atomic E-state index is 11.1. The average molecular weight is 188 g/mol. The van der Waals surface area contributed by atoms with Crippen molar-refractivity contribution in [3.05, 3.63) is 0 Å². The third-order valence-corrected chi connectivity index (χ3v) is 1.47. The van der Waals surface area contributed by atoms with Gasteiger partial charge in [0.15, 0.2) is 0 Å². The molecule has 0 saturated heterocycles. The lowest BCUT2D eigenvalue weighted by Crippen LogP contribution is -2.50. The number of carboxylic acid groups (broad SMARTS) is 1. The van der Waals surface area contributed by atoms with Crippen molar-refractivity contribution in [3.8, 4) is 0 Å². The van der Waals surface area contributed by atoms with Gasteiger partial charge in [0.05, 0.1) is 12.5 Å². The summed E-state index contributed by atoms with van der Waals surface area (Å²) in [5, 5.41) is 11.1. The maximum atomic E-state index is 11.1. The van der Waals surface area contributed by atoms with Gasteiger partial charge in [0, 0.05) is 5.54 Å². The molecule has 0 rings (SSSR count). The van der Waals surface area contributed by atoms with Crippen molar-refractivity contribution in [3.63, 3.8) is 0 Å². The van der Waals surface area contributed by atoms with E-state index in [1.807, 2.05) is 0 Å². The Morgan fingerprint density at radius 3 is 2.31 bits per heavy atom. The molecule has 1 amide bonds. The van der Waals surface area contributed by atoms with Crippen LogP contribution in [-0.2, 0) is 9.59 Å². The zero-order valence-corrected chi connectivity index (χ0v) is 8.13. The van der Waals surface area contributed by atoms with Crippen molar-refractivity contribution in [1.82, 2.24) is 5.32 Å². The summed E-state index contributed by atoms with van der Waals surface area (Å²) in [4.78, 5) is 21.5. The van der Waals surface area contributed by atoms with Crippen LogP contribution in [0, 0.1) is 0 Å². The van der Waals surface area contributed by atoms with Gasteiger partial charge in [-0.25, -0.2) is 0 Å². The van der Waals surface area contributed by atoms with E-state index < -0.39 is 17.6 Å². The summed E-state index contributed by atoms with van der Waals surface area (Å²) in [6.45, 7) is 4.83. The first-order valence-corrected chi connectivity index (χ1v) is 4.04. The first kappa shape index (κ1) is 11.9. The molecule has 0 aliphatic carbocycles. The quantitative estimate of drug-likeness (QED) is 0.565. The summed E-state index contributed by atoms with van der Waals surface area (Å²) in [6, 6.07) is -0.618. The van der Waals surface area contributed by atoms with Crippen LogP contribution in [0.3, 0.4) is 0 Å². The summed E-state index contributed by atoms with van der Waals surface area (Å²) >= 11 is 0. The van der Waals surface area contributed by atoms with Crippen LogP contribution in [0.15, 0.2) is 0 Å². The molecule has 5 heteroatoms.